The highest BCUT2D eigenvalue weighted by Crippen LogP contribution is 2.66. The van der Waals surface area contributed by atoms with Gasteiger partial charge in [0.25, 0.3) is 0 Å². The molecule has 2 heteroatoms. The monoisotopic (exact) mass is 349 g/mol. The van der Waals surface area contributed by atoms with Gasteiger partial charge in [-0.3, -0.25) is 9.78 Å². The molecule has 0 aromatic carbocycles. The van der Waals surface area contributed by atoms with E-state index in [-0.39, 0.29) is 10.8 Å². The second-order valence-electron chi connectivity index (χ2n) is 9.90. The zero-order valence-corrected chi connectivity index (χ0v) is 16.2. The van der Waals surface area contributed by atoms with Gasteiger partial charge in [0.2, 0.25) is 0 Å². The van der Waals surface area contributed by atoms with Crippen molar-refractivity contribution in [1.82, 2.24) is 4.98 Å². The van der Waals surface area contributed by atoms with Gasteiger partial charge in [0, 0.05) is 24.7 Å². The van der Waals surface area contributed by atoms with Gasteiger partial charge in [0.1, 0.15) is 5.78 Å². The van der Waals surface area contributed by atoms with Crippen molar-refractivity contribution in [3.05, 3.63) is 36.2 Å². The molecule has 1 aromatic heterocycles. The first-order valence-corrected chi connectivity index (χ1v) is 10.7. The maximum Gasteiger partial charge on any atom is 0.136 e. The normalized spacial score (nSPS) is 44.7. The molecule has 0 bridgehead atoms. The molecule has 0 radical (unpaired) electrons. The number of carbonyl (C=O) groups excluding carboxylic acids is 1. The molecule has 4 aliphatic carbocycles. The number of Topliss-reactive ketones (excluding diaryl/α,β-unsaturated/α-hetero) is 1. The van der Waals surface area contributed by atoms with Crippen molar-refractivity contribution in [1.29, 1.82) is 0 Å². The number of fused-ring (bicyclic) bond motifs is 5. The van der Waals surface area contributed by atoms with Crippen LogP contribution in [-0.2, 0) is 4.79 Å². The van der Waals surface area contributed by atoms with Crippen LogP contribution in [0.4, 0.5) is 0 Å². The van der Waals surface area contributed by atoms with Crippen molar-refractivity contribution < 1.29 is 4.79 Å². The van der Waals surface area contributed by atoms with E-state index < -0.39 is 0 Å². The molecule has 0 saturated heterocycles. The summed E-state index contributed by atoms with van der Waals surface area (Å²) in [6.45, 7) is 4.94. The Morgan fingerprint density at radius 2 is 2.00 bits per heavy atom. The Hall–Kier alpha value is -1.44. The average molecular weight is 350 g/mol. The fraction of sp³-hybridized carbons (Fsp3) is 0.667. The number of nitrogens with zero attached hydrogens (tertiary/aromatic N) is 1. The zero-order valence-electron chi connectivity index (χ0n) is 16.2. The highest BCUT2D eigenvalue weighted by Gasteiger charge is 2.60. The number of hydrogen-bond donors (Lipinski definition) is 0. The van der Waals surface area contributed by atoms with Gasteiger partial charge in [-0.15, -0.1) is 0 Å². The van der Waals surface area contributed by atoms with Crippen molar-refractivity contribution in [3.63, 3.8) is 0 Å². The minimum absolute atomic E-state index is 0.225. The van der Waals surface area contributed by atoms with E-state index >= 15 is 0 Å². The number of allylic oxidation sites excluding steroid dienone is 2. The second-order valence-corrected chi connectivity index (χ2v) is 9.90. The van der Waals surface area contributed by atoms with Crippen LogP contribution in [0.5, 0.6) is 0 Å². The largest absolute Gasteiger partial charge is 0.299 e. The summed E-state index contributed by atoms with van der Waals surface area (Å²) >= 11 is 0. The molecule has 5 rings (SSSR count). The summed E-state index contributed by atoms with van der Waals surface area (Å²) in [5.41, 5.74) is 3.29. The summed E-state index contributed by atoms with van der Waals surface area (Å²) < 4.78 is 0. The molecular weight excluding hydrogens is 318 g/mol. The number of rotatable bonds is 1. The number of pyridine rings is 1. The van der Waals surface area contributed by atoms with E-state index in [1.165, 1.54) is 43.2 Å². The molecule has 3 fully saturated rings. The molecule has 1 aromatic rings. The van der Waals surface area contributed by atoms with E-state index in [4.69, 9.17) is 0 Å². The molecule has 0 spiro atoms. The first kappa shape index (κ1) is 16.7. The molecule has 4 aliphatic rings. The summed E-state index contributed by atoms with van der Waals surface area (Å²) in [5, 5.41) is 0. The van der Waals surface area contributed by atoms with Crippen LogP contribution in [0.2, 0.25) is 0 Å². The third-order valence-corrected chi connectivity index (χ3v) is 8.92. The lowest BCUT2D eigenvalue weighted by molar-refractivity contribution is -0.150. The Balaban J connectivity index is 1.49. The second kappa shape index (κ2) is 5.78. The van der Waals surface area contributed by atoms with Crippen molar-refractivity contribution in [2.75, 3.05) is 0 Å². The third kappa shape index (κ3) is 2.17. The summed E-state index contributed by atoms with van der Waals surface area (Å²) in [6, 6.07) is 4.26. The van der Waals surface area contributed by atoms with Crippen LogP contribution in [0.3, 0.4) is 0 Å². The maximum atomic E-state index is 13.1. The Morgan fingerprint density at radius 3 is 2.81 bits per heavy atom. The van der Waals surface area contributed by atoms with Gasteiger partial charge in [-0.1, -0.05) is 38.8 Å². The topological polar surface area (TPSA) is 30.0 Å². The molecule has 26 heavy (non-hydrogen) atoms. The number of ketones is 1. The van der Waals surface area contributed by atoms with E-state index in [9.17, 15) is 4.79 Å². The molecule has 2 nitrogen and oxygen atoms in total. The van der Waals surface area contributed by atoms with Crippen LogP contribution in [0.25, 0.3) is 5.57 Å². The molecular formula is C24H31NO. The average Bonchev–Trinajstić information content (AvgIpc) is 3.00. The molecule has 0 aliphatic heterocycles. The highest BCUT2D eigenvalue weighted by molar-refractivity contribution is 5.83. The van der Waals surface area contributed by atoms with Gasteiger partial charge in [-0.25, -0.2) is 0 Å². The summed E-state index contributed by atoms with van der Waals surface area (Å²) in [4.78, 5) is 17.5. The molecule has 4 unspecified atom stereocenters. The van der Waals surface area contributed by atoms with Crippen LogP contribution in [0.15, 0.2) is 30.6 Å². The van der Waals surface area contributed by atoms with E-state index in [2.05, 4.69) is 37.0 Å². The van der Waals surface area contributed by atoms with Crippen LogP contribution in [0.1, 0.15) is 70.8 Å². The number of aromatic nitrogens is 1. The number of hydrogen-bond acceptors (Lipinski definition) is 2. The van der Waals surface area contributed by atoms with Crippen LogP contribution >= 0.6 is 0 Å². The van der Waals surface area contributed by atoms with E-state index in [1.807, 2.05) is 12.4 Å². The van der Waals surface area contributed by atoms with Gasteiger partial charge >= 0.3 is 0 Å². The van der Waals surface area contributed by atoms with Crippen LogP contribution in [-0.4, -0.2) is 10.8 Å². The van der Waals surface area contributed by atoms with Gasteiger partial charge in [-0.05, 0) is 77.9 Å². The lowest BCUT2D eigenvalue weighted by Gasteiger charge is -2.59. The zero-order chi connectivity index (χ0) is 17.9. The molecule has 138 valence electrons. The van der Waals surface area contributed by atoms with E-state index in [1.54, 1.807) is 0 Å². The maximum absolute atomic E-state index is 13.1. The predicted molar refractivity (Wildman–Crippen MR) is 104 cm³/mol. The van der Waals surface area contributed by atoms with Crippen LogP contribution in [0, 0.1) is 34.5 Å². The Morgan fingerprint density at radius 1 is 1.12 bits per heavy atom. The van der Waals surface area contributed by atoms with Crippen molar-refractivity contribution >= 4 is 11.4 Å². The Labute approximate surface area is 157 Å². The third-order valence-electron chi connectivity index (χ3n) is 8.92. The lowest BCUT2D eigenvalue weighted by Crippen LogP contribution is -2.55. The molecule has 0 amide bonds. The minimum Gasteiger partial charge on any atom is -0.299 e. The lowest BCUT2D eigenvalue weighted by atomic mass is 9.44. The highest BCUT2D eigenvalue weighted by atomic mass is 16.1. The van der Waals surface area contributed by atoms with Gasteiger partial charge in [0.05, 0.1) is 0 Å². The van der Waals surface area contributed by atoms with Crippen molar-refractivity contribution in [2.45, 2.75) is 65.2 Å². The van der Waals surface area contributed by atoms with Crippen molar-refractivity contribution in [2.24, 2.45) is 34.5 Å². The quantitative estimate of drug-likeness (QED) is 0.652. The van der Waals surface area contributed by atoms with E-state index in [0.717, 1.165) is 25.2 Å². The molecule has 6 atom stereocenters. The van der Waals surface area contributed by atoms with Gasteiger partial charge in [-0.2, -0.15) is 0 Å². The standard InChI is InChI=1S/C24H31NO/c1-23-11-4-3-7-21(23)22(26)14-17-19-9-8-18(16-6-5-13-25-15-16)24(19,2)12-10-20(17)23/h5-6,8,13,15,17,19-21H,3-4,7,9-12,14H2,1-2H3/t17?,19?,20?,21?,23-,24-/m1/s1. The predicted octanol–water partition coefficient (Wildman–Crippen LogP) is 5.69. The Kier molecular flexibility index (Phi) is 3.71. The fourth-order valence-corrected chi connectivity index (χ4v) is 7.63. The molecule has 3 saturated carbocycles. The Bertz CT molecular complexity index is 753. The SMILES string of the molecule is C[C@]12CCCCC1C(=O)CC1C2CC[C@]2(C)C(c3cccnc3)=CCC12. The van der Waals surface area contributed by atoms with Crippen LogP contribution < -0.4 is 0 Å². The summed E-state index contributed by atoms with van der Waals surface area (Å²) in [6.07, 6.45) is 15.9. The molecule has 0 N–H and O–H groups in total. The van der Waals surface area contributed by atoms with Crippen molar-refractivity contribution in [3.8, 4) is 0 Å². The minimum atomic E-state index is 0.225. The first-order chi connectivity index (χ1) is 12.5. The van der Waals surface area contributed by atoms with E-state index in [0.29, 0.717) is 23.5 Å². The van der Waals surface area contributed by atoms with Gasteiger partial charge in [0.15, 0.2) is 0 Å². The first-order valence-electron chi connectivity index (χ1n) is 10.7. The summed E-state index contributed by atoms with van der Waals surface area (Å²) in [7, 11) is 0. The number of carbonyl (C=O) groups is 1. The molecule has 1 heterocycles. The smallest absolute Gasteiger partial charge is 0.136 e. The summed E-state index contributed by atoms with van der Waals surface area (Å²) in [5.74, 6) is 2.93. The fourth-order valence-electron chi connectivity index (χ4n) is 7.63. The van der Waals surface area contributed by atoms with Gasteiger partial charge < -0.3 is 0 Å².